The summed E-state index contributed by atoms with van der Waals surface area (Å²) in [6.07, 6.45) is 0. The summed E-state index contributed by atoms with van der Waals surface area (Å²) in [6, 6.07) is 10.5. The zero-order chi connectivity index (χ0) is 23.4. The summed E-state index contributed by atoms with van der Waals surface area (Å²) < 4.78 is 16.2. The van der Waals surface area contributed by atoms with E-state index in [0.717, 1.165) is 5.69 Å². The van der Waals surface area contributed by atoms with Crippen molar-refractivity contribution >= 4 is 23.0 Å². The number of hydrogen-bond acceptors (Lipinski definition) is 8. The number of morpholine rings is 1. The van der Waals surface area contributed by atoms with Gasteiger partial charge in [0.15, 0.2) is 0 Å². The number of amides is 1. The van der Waals surface area contributed by atoms with Crippen LogP contribution in [0.25, 0.3) is 0 Å². The molecule has 4 rings (SSSR count). The molecule has 2 aliphatic rings. The highest BCUT2D eigenvalue weighted by Crippen LogP contribution is 2.34. The molecule has 2 fully saturated rings. The Kier molecular flexibility index (Phi) is 6.83. The lowest BCUT2D eigenvalue weighted by molar-refractivity contribution is -0.384. The van der Waals surface area contributed by atoms with Gasteiger partial charge >= 0.3 is 0 Å². The summed E-state index contributed by atoms with van der Waals surface area (Å²) >= 11 is 0. The van der Waals surface area contributed by atoms with Crippen LogP contribution in [-0.4, -0.2) is 82.4 Å². The van der Waals surface area contributed by atoms with Crippen LogP contribution in [-0.2, 0) is 4.74 Å². The lowest BCUT2D eigenvalue weighted by Gasteiger charge is -2.37. The van der Waals surface area contributed by atoms with Crippen molar-refractivity contribution < 1.29 is 23.9 Å². The van der Waals surface area contributed by atoms with E-state index in [-0.39, 0.29) is 16.5 Å². The fourth-order valence-corrected chi connectivity index (χ4v) is 4.31. The van der Waals surface area contributed by atoms with Crippen LogP contribution in [0.5, 0.6) is 11.5 Å². The molecule has 1 amide bonds. The molecule has 10 nitrogen and oxygen atoms in total. The molecule has 0 spiro atoms. The number of rotatable bonds is 6. The Morgan fingerprint density at radius 1 is 0.939 bits per heavy atom. The quantitative estimate of drug-likeness (QED) is 0.483. The molecule has 0 aromatic heterocycles. The van der Waals surface area contributed by atoms with Gasteiger partial charge in [-0.3, -0.25) is 14.9 Å². The highest BCUT2D eigenvalue weighted by atomic mass is 16.6. The van der Waals surface area contributed by atoms with E-state index in [2.05, 4.69) is 4.90 Å². The first-order valence-corrected chi connectivity index (χ1v) is 10.9. The molecule has 10 heteroatoms. The van der Waals surface area contributed by atoms with Crippen LogP contribution in [0, 0.1) is 10.1 Å². The molecule has 0 saturated carbocycles. The molecule has 2 aromatic rings. The predicted octanol–water partition coefficient (Wildman–Crippen LogP) is 2.41. The summed E-state index contributed by atoms with van der Waals surface area (Å²) in [5, 5.41) is 11.6. The number of carbonyl (C=O) groups is 1. The smallest absolute Gasteiger partial charge is 0.292 e. The molecule has 2 aromatic carbocycles. The van der Waals surface area contributed by atoms with Crippen LogP contribution < -0.4 is 19.3 Å². The van der Waals surface area contributed by atoms with E-state index in [1.807, 2.05) is 11.0 Å². The highest BCUT2D eigenvalue weighted by Gasteiger charge is 2.28. The second kappa shape index (κ2) is 9.95. The first-order chi connectivity index (χ1) is 16.0. The minimum atomic E-state index is -0.341. The van der Waals surface area contributed by atoms with E-state index < -0.39 is 0 Å². The van der Waals surface area contributed by atoms with E-state index in [1.54, 1.807) is 35.2 Å². The lowest BCUT2D eigenvalue weighted by Crippen LogP contribution is -2.49. The Balaban J connectivity index is 1.50. The molecule has 0 unspecified atom stereocenters. The first-order valence-electron chi connectivity index (χ1n) is 10.9. The molecule has 2 saturated heterocycles. The van der Waals surface area contributed by atoms with Gasteiger partial charge in [0.25, 0.3) is 11.6 Å². The van der Waals surface area contributed by atoms with Gasteiger partial charge in [-0.1, -0.05) is 6.07 Å². The zero-order valence-electron chi connectivity index (χ0n) is 18.9. The highest BCUT2D eigenvalue weighted by molar-refractivity contribution is 6.00. The van der Waals surface area contributed by atoms with E-state index in [9.17, 15) is 14.9 Å². The molecule has 176 valence electrons. The third-order valence-electron chi connectivity index (χ3n) is 6.08. The Morgan fingerprint density at radius 3 is 2.15 bits per heavy atom. The molecule has 33 heavy (non-hydrogen) atoms. The van der Waals surface area contributed by atoms with Crippen molar-refractivity contribution in [3.05, 3.63) is 52.1 Å². The third kappa shape index (κ3) is 4.65. The summed E-state index contributed by atoms with van der Waals surface area (Å²) in [6.45, 7) is 4.60. The largest absolute Gasteiger partial charge is 0.496 e. The van der Waals surface area contributed by atoms with Gasteiger partial charge in [0.1, 0.15) is 22.7 Å². The fraction of sp³-hybridized carbons (Fsp3) is 0.435. The minimum Gasteiger partial charge on any atom is -0.496 e. The predicted molar refractivity (Wildman–Crippen MR) is 124 cm³/mol. The van der Waals surface area contributed by atoms with Crippen LogP contribution in [0.15, 0.2) is 36.4 Å². The summed E-state index contributed by atoms with van der Waals surface area (Å²) in [5.41, 5.74) is 2.03. The maximum Gasteiger partial charge on any atom is 0.292 e. The summed E-state index contributed by atoms with van der Waals surface area (Å²) in [7, 11) is 3.06. The van der Waals surface area contributed by atoms with Crippen LogP contribution in [0.1, 0.15) is 10.4 Å². The molecule has 0 radical (unpaired) electrons. The van der Waals surface area contributed by atoms with Crippen molar-refractivity contribution in [1.29, 1.82) is 0 Å². The molecule has 0 N–H and O–H groups in total. The zero-order valence-corrected chi connectivity index (χ0v) is 18.9. The Morgan fingerprint density at radius 2 is 1.58 bits per heavy atom. The number of hydrogen-bond donors (Lipinski definition) is 0. The third-order valence-corrected chi connectivity index (χ3v) is 6.08. The van der Waals surface area contributed by atoms with Crippen molar-refractivity contribution in [3.8, 4) is 11.5 Å². The standard InChI is InChI=1S/C23H28N4O6/c1-31-20-4-3-5-21(32-2)22(20)23(28)26-10-8-24(9-11-26)17-6-7-18(27(29)30)19(16-17)25-12-14-33-15-13-25/h3-7,16H,8-15H2,1-2H3. The second-order valence-corrected chi connectivity index (χ2v) is 7.85. The number of methoxy groups -OCH3 is 2. The van der Waals surface area contributed by atoms with Gasteiger partial charge in [-0.2, -0.15) is 0 Å². The summed E-state index contributed by atoms with van der Waals surface area (Å²) in [5.74, 6) is 0.821. The number of nitro benzene ring substituents is 1. The van der Waals surface area contributed by atoms with Crippen molar-refractivity contribution in [2.45, 2.75) is 0 Å². The van der Waals surface area contributed by atoms with E-state index in [0.29, 0.717) is 75.2 Å². The maximum atomic E-state index is 13.2. The van der Waals surface area contributed by atoms with Gasteiger partial charge in [0.05, 0.1) is 32.4 Å². The van der Waals surface area contributed by atoms with Gasteiger partial charge in [0, 0.05) is 51.0 Å². The second-order valence-electron chi connectivity index (χ2n) is 7.85. The van der Waals surface area contributed by atoms with Crippen molar-refractivity contribution in [3.63, 3.8) is 0 Å². The number of ether oxygens (including phenoxy) is 3. The first kappa shape index (κ1) is 22.7. The average molecular weight is 456 g/mol. The van der Waals surface area contributed by atoms with Crippen LogP contribution >= 0.6 is 0 Å². The van der Waals surface area contributed by atoms with Gasteiger partial charge in [-0.25, -0.2) is 0 Å². The molecular formula is C23H28N4O6. The SMILES string of the molecule is COc1cccc(OC)c1C(=O)N1CCN(c2ccc([N+](=O)[O-])c(N3CCOCC3)c2)CC1. The van der Waals surface area contributed by atoms with E-state index in [4.69, 9.17) is 14.2 Å². The Labute approximate surface area is 192 Å². The molecule has 0 atom stereocenters. The fourth-order valence-electron chi connectivity index (χ4n) is 4.31. The molecule has 0 bridgehead atoms. The Hall–Kier alpha value is -3.53. The van der Waals surface area contributed by atoms with E-state index in [1.165, 1.54) is 14.2 Å². The maximum absolute atomic E-state index is 13.2. The van der Waals surface area contributed by atoms with Crippen LogP contribution in [0.4, 0.5) is 17.1 Å². The number of nitro groups is 1. The number of anilines is 2. The monoisotopic (exact) mass is 456 g/mol. The van der Waals surface area contributed by atoms with Gasteiger partial charge in [0.2, 0.25) is 0 Å². The number of benzene rings is 2. The van der Waals surface area contributed by atoms with Crippen LogP contribution in [0.3, 0.4) is 0 Å². The van der Waals surface area contributed by atoms with Crippen LogP contribution in [0.2, 0.25) is 0 Å². The van der Waals surface area contributed by atoms with Gasteiger partial charge in [-0.15, -0.1) is 0 Å². The van der Waals surface area contributed by atoms with Crippen molar-refractivity contribution in [2.24, 2.45) is 0 Å². The van der Waals surface area contributed by atoms with Gasteiger partial charge < -0.3 is 28.9 Å². The van der Waals surface area contributed by atoms with Crippen molar-refractivity contribution in [1.82, 2.24) is 4.90 Å². The average Bonchev–Trinajstić information content (AvgIpc) is 2.87. The number of nitrogens with zero attached hydrogens (tertiary/aromatic N) is 4. The molecular weight excluding hydrogens is 428 g/mol. The molecule has 0 aliphatic carbocycles. The number of carbonyl (C=O) groups excluding carboxylic acids is 1. The van der Waals surface area contributed by atoms with E-state index >= 15 is 0 Å². The molecule has 2 aliphatic heterocycles. The summed E-state index contributed by atoms with van der Waals surface area (Å²) in [4.78, 5) is 30.4. The topological polar surface area (TPSA) is 97.6 Å². The normalized spacial score (nSPS) is 16.5. The minimum absolute atomic E-state index is 0.0951. The Bertz CT molecular complexity index is 994. The molecule has 2 heterocycles. The van der Waals surface area contributed by atoms with Gasteiger partial charge in [-0.05, 0) is 24.3 Å². The lowest BCUT2D eigenvalue weighted by atomic mass is 10.1. The number of piperazine rings is 1. The van der Waals surface area contributed by atoms with Crippen molar-refractivity contribution in [2.75, 3.05) is 76.5 Å².